The summed E-state index contributed by atoms with van der Waals surface area (Å²) in [5.74, 6) is 0.770. The fourth-order valence-corrected chi connectivity index (χ4v) is 1.61. The van der Waals surface area contributed by atoms with Crippen LogP contribution in [0.1, 0.15) is 5.56 Å². The number of hydrogen-bond donors (Lipinski definition) is 2. The first kappa shape index (κ1) is 11.8. The molecule has 0 bridgehead atoms. The molecule has 0 aliphatic carbocycles. The highest BCUT2D eigenvalue weighted by Crippen LogP contribution is 2.13. The number of pyridine rings is 1. The van der Waals surface area contributed by atoms with Gasteiger partial charge in [-0.25, -0.2) is 13.4 Å². The molecule has 0 aliphatic heterocycles. The van der Waals surface area contributed by atoms with Crippen LogP contribution in [0.2, 0.25) is 0 Å². The molecule has 1 aromatic heterocycles. The molecule has 0 fully saturated rings. The number of aromatic nitrogens is 1. The Labute approximate surface area is 89.6 Å². The molecule has 0 radical (unpaired) electrons. The number of anilines is 2. The van der Waals surface area contributed by atoms with Crippen LogP contribution in [0.4, 0.5) is 11.5 Å². The van der Waals surface area contributed by atoms with Gasteiger partial charge < -0.3 is 11.1 Å². The maximum atomic E-state index is 10.9. The Morgan fingerprint density at radius 2 is 2.20 bits per heavy atom. The lowest BCUT2D eigenvalue weighted by atomic mass is 10.2. The van der Waals surface area contributed by atoms with Crippen LogP contribution < -0.4 is 11.1 Å². The average molecular weight is 229 g/mol. The van der Waals surface area contributed by atoms with Crippen LogP contribution in [-0.2, 0) is 9.84 Å². The maximum Gasteiger partial charge on any atom is 0.149 e. The second kappa shape index (κ2) is 4.48. The number of nitrogens with zero attached hydrogens (tertiary/aromatic N) is 1. The van der Waals surface area contributed by atoms with Gasteiger partial charge in [-0.15, -0.1) is 0 Å². The highest BCUT2D eigenvalue weighted by Gasteiger charge is 2.03. The average Bonchev–Trinajstić information content (AvgIpc) is 2.07. The van der Waals surface area contributed by atoms with E-state index >= 15 is 0 Å². The Morgan fingerprint density at radius 1 is 1.53 bits per heavy atom. The highest BCUT2D eigenvalue weighted by molar-refractivity contribution is 7.90. The summed E-state index contributed by atoms with van der Waals surface area (Å²) in [6, 6.07) is 1.79. The van der Waals surface area contributed by atoms with Crippen LogP contribution in [0, 0.1) is 6.92 Å². The van der Waals surface area contributed by atoms with Crippen LogP contribution in [0.3, 0.4) is 0 Å². The van der Waals surface area contributed by atoms with Gasteiger partial charge in [0, 0.05) is 12.8 Å². The van der Waals surface area contributed by atoms with Gasteiger partial charge in [0.15, 0.2) is 0 Å². The van der Waals surface area contributed by atoms with Crippen molar-refractivity contribution in [3.05, 3.63) is 17.8 Å². The summed E-state index contributed by atoms with van der Waals surface area (Å²) in [5.41, 5.74) is 7.04. The van der Waals surface area contributed by atoms with Crippen LogP contribution in [0.15, 0.2) is 12.3 Å². The molecular weight excluding hydrogens is 214 g/mol. The van der Waals surface area contributed by atoms with E-state index in [1.807, 2.05) is 6.92 Å². The summed E-state index contributed by atoms with van der Waals surface area (Å²) < 4.78 is 21.8. The first-order valence-electron chi connectivity index (χ1n) is 4.52. The molecule has 15 heavy (non-hydrogen) atoms. The normalized spacial score (nSPS) is 11.3. The number of nitrogen functional groups attached to an aromatic ring is 1. The lowest BCUT2D eigenvalue weighted by Gasteiger charge is -2.07. The van der Waals surface area contributed by atoms with E-state index in [-0.39, 0.29) is 5.75 Å². The van der Waals surface area contributed by atoms with Gasteiger partial charge in [-0.3, -0.25) is 0 Å². The van der Waals surface area contributed by atoms with Crippen molar-refractivity contribution in [1.29, 1.82) is 0 Å². The van der Waals surface area contributed by atoms with Gasteiger partial charge in [-0.05, 0) is 18.6 Å². The number of nitrogens with two attached hydrogens (primary N) is 1. The number of aryl methyl sites for hydroxylation is 1. The van der Waals surface area contributed by atoms with Crippen molar-refractivity contribution in [3.63, 3.8) is 0 Å². The van der Waals surface area contributed by atoms with Crippen molar-refractivity contribution in [3.8, 4) is 0 Å². The van der Waals surface area contributed by atoms with Crippen molar-refractivity contribution in [2.24, 2.45) is 0 Å². The SMILES string of the molecule is Cc1cc(N)cnc1NCCS(C)(=O)=O. The molecule has 1 heterocycles. The van der Waals surface area contributed by atoms with Gasteiger partial charge in [0.25, 0.3) is 0 Å². The predicted octanol–water partition coefficient (Wildman–Crippen LogP) is 0.429. The minimum Gasteiger partial charge on any atom is -0.397 e. The van der Waals surface area contributed by atoms with E-state index in [4.69, 9.17) is 5.73 Å². The van der Waals surface area contributed by atoms with E-state index in [9.17, 15) is 8.42 Å². The van der Waals surface area contributed by atoms with Gasteiger partial charge in [-0.2, -0.15) is 0 Å². The van der Waals surface area contributed by atoms with Crippen LogP contribution in [0.5, 0.6) is 0 Å². The summed E-state index contributed by atoms with van der Waals surface area (Å²) in [7, 11) is -2.93. The summed E-state index contributed by atoms with van der Waals surface area (Å²) >= 11 is 0. The standard InChI is InChI=1S/C9H15N3O2S/c1-7-5-8(10)6-12-9(7)11-3-4-15(2,13)14/h5-6H,3-4,10H2,1-2H3,(H,11,12). The smallest absolute Gasteiger partial charge is 0.149 e. The van der Waals surface area contributed by atoms with Gasteiger partial charge in [0.05, 0.1) is 17.6 Å². The van der Waals surface area contributed by atoms with Gasteiger partial charge in [-0.1, -0.05) is 0 Å². The molecule has 0 atom stereocenters. The highest BCUT2D eigenvalue weighted by atomic mass is 32.2. The van der Waals surface area contributed by atoms with E-state index in [1.54, 1.807) is 6.07 Å². The zero-order valence-electron chi connectivity index (χ0n) is 8.82. The third-order valence-corrected chi connectivity index (χ3v) is 2.81. The molecule has 0 unspecified atom stereocenters. The summed E-state index contributed by atoms with van der Waals surface area (Å²) in [6.07, 6.45) is 2.74. The second-order valence-electron chi connectivity index (χ2n) is 3.49. The molecule has 0 amide bonds. The molecular formula is C9H15N3O2S. The number of rotatable bonds is 4. The second-order valence-corrected chi connectivity index (χ2v) is 5.75. The third kappa shape index (κ3) is 4.16. The van der Waals surface area contributed by atoms with E-state index in [0.717, 1.165) is 5.56 Å². The quantitative estimate of drug-likeness (QED) is 0.782. The largest absolute Gasteiger partial charge is 0.397 e. The van der Waals surface area contributed by atoms with Gasteiger partial charge in [0.1, 0.15) is 15.7 Å². The molecule has 0 saturated heterocycles. The van der Waals surface area contributed by atoms with Crippen molar-refractivity contribution >= 4 is 21.3 Å². The van der Waals surface area contributed by atoms with Crippen LogP contribution in [-0.4, -0.2) is 32.0 Å². The molecule has 1 aromatic rings. The summed E-state index contributed by atoms with van der Waals surface area (Å²) in [5, 5.41) is 2.95. The first-order valence-corrected chi connectivity index (χ1v) is 6.58. The molecule has 6 heteroatoms. The van der Waals surface area contributed by atoms with Gasteiger partial charge in [0.2, 0.25) is 0 Å². The van der Waals surface area contributed by atoms with Crippen molar-refractivity contribution in [2.75, 3.05) is 29.6 Å². The Kier molecular flexibility index (Phi) is 3.52. The monoisotopic (exact) mass is 229 g/mol. The Morgan fingerprint density at radius 3 is 2.73 bits per heavy atom. The fraction of sp³-hybridized carbons (Fsp3) is 0.444. The van der Waals surface area contributed by atoms with Crippen molar-refractivity contribution in [2.45, 2.75) is 6.92 Å². The van der Waals surface area contributed by atoms with Crippen LogP contribution in [0.25, 0.3) is 0 Å². The Bertz CT molecular complexity index is 443. The Balaban J connectivity index is 2.59. The van der Waals surface area contributed by atoms with E-state index in [2.05, 4.69) is 10.3 Å². The predicted molar refractivity (Wildman–Crippen MR) is 61.6 cm³/mol. The number of nitrogens with one attached hydrogen (secondary N) is 1. The molecule has 0 saturated carbocycles. The minimum atomic E-state index is -2.93. The number of sulfone groups is 1. The van der Waals surface area contributed by atoms with Crippen LogP contribution >= 0.6 is 0 Å². The van der Waals surface area contributed by atoms with E-state index in [0.29, 0.717) is 18.1 Å². The zero-order chi connectivity index (χ0) is 11.5. The molecule has 0 spiro atoms. The molecule has 5 nitrogen and oxygen atoms in total. The number of hydrogen-bond acceptors (Lipinski definition) is 5. The molecule has 0 aliphatic rings. The summed E-state index contributed by atoms with van der Waals surface area (Å²) in [6.45, 7) is 2.22. The molecule has 3 N–H and O–H groups in total. The third-order valence-electron chi connectivity index (χ3n) is 1.86. The zero-order valence-corrected chi connectivity index (χ0v) is 9.63. The van der Waals surface area contributed by atoms with Gasteiger partial charge >= 0.3 is 0 Å². The minimum absolute atomic E-state index is 0.0957. The van der Waals surface area contributed by atoms with Crippen molar-refractivity contribution < 1.29 is 8.42 Å². The lowest BCUT2D eigenvalue weighted by Crippen LogP contribution is -2.15. The summed E-state index contributed by atoms with van der Waals surface area (Å²) in [4.78, 5) is 4.07. The topological polar surface area (TPSA) is 85.1 Å². The van der Waals surface area contributed by atoms with E-state index < -0.39 is 9.84 Å². The lowest BCUT2D eigenvalue weighted by molar-refractivity contribution is 0.602. The molecule has 84 valence electrons. The maximum absolute atomic E-state index is 10.9. The first-order chi connectivity index (χ1) is 6.88. The molecule has 0 aromatic carbocycles. The fourth-order valence-electron chi connectivity index (χ4n) is 1.14. The Hall–Kier alpha value is -1.30. The van der Waals surface area contributed by atoms with Crippen molar-refractivity contribution in [1.82, 2.24) is 4.98 Å². The molecule has 1 rings (SSSR count). The van der Waals surface area contributed by atoms with E-state index in [1.165, 1.54) is 12.5 Å².